The summed E-state index contributed by atoms with van der Waals surface area (Å²) in [5, 5.41) is 0. The predicted octanol–water partition coefficient (Wildman–Crippen LogP) is 1.98. The van der Waals surface area contributed by atoms with Crippen LogP contribution in [-0.4, -0.2) is 67.3 Å². The van der Waals surface area contributed by atoms with Crippen molar-refractivity contribution >= 4 is 15.7 Å². The van der Waals surface area contributed by atoms with Gasteiger partial charge in [0.2, 0.25) is 10.0 Å². The van der Waals surface area contributed by atoms with Crippen LogP contribution in [0.15, 0.2) is 47.4 Å². The fourth-order valence-corrected chi connectivity index (χ4v) is 4.52. The number of piperazine rings is 1. The molecule has 1 saturated heterocycles. The number of nitrogens with zero attached hydrogens (tertiary/aromatic N) is 2. The number of methoxy groups -OCH3 is 2. The molecular formula is C21H29N3O4S. The zero-order valence-electron chi connectivity index (χ0n) is 17.2. The molecule has 0 aliphatic carbocycles. The van der Waals surface area contributed by atoms with Crippen molar-refractivity contribution in [3.8, 4) is 11.5 Å². The van der Waals surface area contributed by atoms with Crippen molar-refractivity contribution in [1.82, 2.24) is 9.62 Å². The van der Waals surface area contributed by atoms with Gasteiger partial charge in [-0.2, -0.15) is 0 Å². The van der Waals surface area contributed by atoms with Gasteiger partial charge in [0.25, 0.3) is 0 Å². The molecule has 7 nitrogen and oxygen atoms in total. The van der Waals surface area contributed by atoms with Crippen molar-refractivity contribution in [2.45, 2.75) is 11.3 Å². The van der Waals surface area contributed by atoms with Crippen LogP contribution in [0.3, 0.4) is 0 Å². The number of nitrogens with one attached hydrogen (secondary N) is 1. The summed E-state index contributed by atoms with van der Waals surface area (Å²) in [6, 6.07) is 13.0. The average Bonchev–Trinajstić information content (AvgIpc) is 2.74. The van der Waals surface area contributed by atoms with E-state index >= 15 is 0 Å². The minimum absolute atomic E-state index is 0.103. The lowest BCUT2D eigenvalue weighted by molar-refractivity contribution is 0.313. The molecule has 1 aliphatic rings. The first-order valence-corrected chi connectivity index (χ1v) is 11.2. The van der Waals surface area contributed by atoms with Gasteiger partial charge in [0.15, 0.2) is 0 Å². The zero-order chi connectivity index (χ0) is 20.9. The molecule has 1 N–H and O–H groups in total. The summed E-state index contributed by atoms with van der Waals surface area (Å²) < 4.78 is 38.3. The summed E-state index contributed by atoms with van der Waals surface area (Å²) >= 11 is 0. The van der Waals surface area contributed by atoms with Gasteiger partial charge >= 0.3 is 0 Å². The Balaban J connectivity index is 1.58. The maximum atomic E-state index is 12.6. The Hall–Kier alpha value is -2.29. The van der Waals surface area contributed by atoms with Gasteiger partial charge in [-0.25, -0.2) is 13.1 Å². The molecule has 3 rings (SSSR count). The third-order valence-electron chi connectivity index (χ3n) is 5.17. The second kappa shape index (κ2) is 9.47. The lowest BCUT2D eigenvalue weighted by atomic mass is 10.1. The number of hydrogen-bond donors (Lipinski definition) is 1. The minimum Gasteiger partial charge on any atom is -0.497 e. The molecule has 1 heterocycles. The molecule has 1 aliphatic heterocycles. The van der Waals surface area contributed by atoms with Crippen molar-refractivity contribution in [3.05, 3.63) is 48.0 Å². The average molecular weight is 420 g/mol. The smallest absolute Gasteiger partial charge is 0.244 e. The summed E-state index contributed by atoms with van der Waals surface area (Å²) in [7, 11) is 1.43. The van der Waals surface area contributed by atoms with Crippen molar-refractivity contribution in [2.75, 3.05) is 58.9 Å². The van der Waals surface area contributed by atoms with E-state index in [1.54, 1.807) is 12.1 Å². The van der Waals surface area contributed by atoms with Crippen LogP contribution in [0.4, 0.5) is 5.69 Å². The predicted molar refractivity (Wildman–Crippen MR) is 115 cm³/mol. The zero-order valence-corrected chi connectivity index (χ0v) is 18.0. The third-order valence-corrected chi connectivity index (χ3v) is 6.67. The van der Waals surface area contributed by atoms with Crippen LogP contribution in [0.5, 0.6) is 11.5 Å². The van der Waals surface area contributed by atoms with E-state index < -0.39 is 10.0 Å². The number of hydrogen-bond acceptors (Lipinski definition) is 6. The number of rotatable bonds is 8. The van der Waals surface area contributed by atoms with Gasteiger partial charge in [-0.1, -0.05) is 12.1 Å². The van der Waals surface area contributed by atoms with Crippen LogP contribution in [-0.2, 0) is 16.4 Å². The summed E-state index contributed by atoms with van der Waals surface area (Å²) in [4.78, 5) is 4.81. The van der Waals surface area contributed by atoms with Gasteiger partial charge in [-0.05, 0) is 43.3 Å². The normalized spacial score (nSPS) is 15.3. The van der Waals surface area contributed by atoms with E-state index in [2.05, 4.69) is 45.8 Å². The Morgan fingerprint density at radius 3 is 2.28 bits per heavy atom. The van der Waals surface area contributed by atoms with Crippen LogP contribution in [0.1, 0.15) is 5.56 Å². The Labute approximate surface area is 173 Å². The molecule has 8 heteroatoms. The Morgan fingerprint density at radius 1 is 0.966 bits per heavy atom. The van der Waals surface area contributed by atoms with Gasteiger partial charge in [0.1, 0.15) is 16.4 Å². The second-order valence-electron chi connectivity index (χ2n) is 7.12. The summed E-state index contributed by atoms with van der Waals surface area (Å²) in [5.41, 5.74) is 2.30. The SMILES string of the molecule is COc1ccc(S(=O)(=O)NCCc2ccc(N3CCN(C)CC3)cc2)c(OC)c1. The van der Waals surface area contributed by atoms with Crippen molar-refractivity contribution < 1.29 is 17.9 Å². The number of anilines is 1. The molecule has 0 aromatic heterocycles. The van der Waals surface area contributed by atoms with Crippen LogP contribution < -0.4 is 19.1 Å². The first-order valence-electron chi connectivity index (χ1n) is 9.67. The van der Waals surface area contributed by atoms with E-state index in [4.69, 9.17) is 9.47 Å². The fourth-order valence-electron chi connectivity index (χ4n) is 3.34. The molecule has 158 valence electrons. The van der Waals surface area contributed by atoms with Gasteiger partial charge in [-0.3, -0.25) is 0 Å². The van der Waals surface area contributed by atoms with Gasteiger partial charge in [0.05, 0.1) is 14.2 Å². The summed E-state index contributed by atoms with van der Waals surface area (Å²) in [6.45, 7) is 4.50. The summed E-state index contributed by atoms with van der Waals surface area (Å²) in [6.07, 6.45) is 0.612. The first-order chi connectivity index (χ1) is 13.9. The molecule has 29 heavy (non-hydrogen) atoms. The highest BCUT2D eigenvalue weighted by Gasteiger charge is 2.20. The van der Waals surface area contributed by atoms with E-state index in [0.29, 0.717) is 18.7 Å². The Bertz CT molecular complexity index is 908. The van der Waals surface area contributed by atoms with Crippen molar-refractivity contribution in [2.24, 2.45) is 0 Å². The van der Waals surface area contributed by atoms with Gasteiger partial charge < -0.3 is 19.3 Å². The van der Waals surface area contributed by atoms with Crippen LogP contribution in [0.25, 0.3) is 0 Å². The van der Waals surface area contributed by atoms with Gasteiger partial charge in [-0.15, -0.1) is 0 Å². The minimum atomic E-state index is -3.67. The largest absolute Gasteiger partial charge is 0.497 e. The number of sulfonamides is 1. The van der Waals surface area contributed by atoms with E-state index in [1.807, 2.05) is 0 Å². The van der Waals surface area contributed by atoms with Crippen molar-refractivity contribution in [3.63, 3.8) is 0 Å². The van der Waals surface area contributed by atoms with E-state index in [1.165, 1.54) is 26.0 Å². The Morgan fingerprint density at radius 2 is 1.66 bits per heavy atom. The lowest BCUT2D eigenvalue weighted by Gasteiger charge is -2.34. The maximum absolute atomic E-state index is 12.6. The van der Waals surface area contributed by atoms with E-state index in [-0.39, 0.29) is 10.6 Å². The first kappa shape index (κ1) is 21.4. The molecule has 2 aromatic rings. The Kier molecular flexibility index (Phi) is 7.00. The van der Waals surface area contributed by atoms with Gasteiger partial charge in [0, 0.05) is 44.5 Å². The molecule has 0 atom stereocenters. The van der Waals surface area contributed by atoms with Crippen LogP contribution in [0, 0.1) is 0 Å². The molecule has 0 spiro atoms. The summed E-state index contributed by atoms with van der Waals surface area (Å²) in [5.74, 6) is 0.801. The highest BCUT2D eigenvalue weighted by Crippen LogP contribution is 2.28. The standard InChI is InChI=1S/C21H29N3O4S/c1-23-12-14-24(15-13-23)18-6-4-17(5-7-18)10-11-22-29(25,26)21-9-8-19(27-2)16-20(21)28-3/h4-9,16,22H,10-15H2,1-3H3. The number of benzene rings is 2. The number of ether oxygens (including phenoxy) is 2. The second-order valence-corrected chi connectivity index (χ2v) is 8.86. The van der Waals surface area contributed by atoms with Crippen LogP contribution >= 0.6 is 0 Å². The fraction of sp³-hybridized carbons (Fsp3) is 0.429. The molecule has 0 unspecified atom stereocenters. The van der Waals surface area contributed by atoms with Crippen molar-refractivity contribution in [1.29, 1.82) is 0 Å². The highest BCUT2D eigenvalue weighted by atomic mass is 32.2. The van der Waals surface area contributed by atoms with E-state index in [9.17, 15) is 8.42 Å². The quantitative estimate of drug-likeness (QED) is 0.706. The molecule has 0 bridgehead atoms. The monoisotopic (exact) mass is 419 g/mol. The molecule has 0 radical (unpaired) electrons. The molecular weight excluding hydrogens is 390 g/mol. The van der Waals surface area contributed by atoms with E-state index in [0.717, 1.165) is 31.7 Å². The highest BCUT2D eigenvalue weighted by molar-refractivity contribution is 7.89. The number of likely N-dealkylation sites (N-methyl/N-ethyl adjacent to an activating group) is 1. The molecule has 0 amide bonds. The molecule has 1 fully saturated rings. The molecule has 2 aromatic carbocycles. The lowest BCUT2D eigenvalue weighted by Crippen LogP contribution is -2.44. The molecule has 0 saturated carbocycles. The third kappa shape index (κ3) is 5.41. The topological polar surface area (TPSA) is 71.1 Å². The maximum Gasteiger partial charge on any atom is 0.244 e. The van der Waals surface area contributed by atoms with Crippen LogP contribution in [0.2, 0.25) is 0 Å².